The van der Waals surface area contributed by atoms with E-state index in [4.69, 9.17) is 4.42 Å². The maximum atomic E-state index is 5.46. The summed E-state index contributed by atoms with van der Waals surface area (Å²) in [6.07, 6.45) is 6.08. The fourth-order valence-electron chi connectivity index (χ4n) is 1.30. The Kier molecular flexibility index (Phi) is 3.61. The van der Waals surface area contributed by atoms with Crippen molar-refractivity contribution in [1.29, 1.82) is 0 Å². The molecule has 5 nitrogen and oxygen atoms in total. The van der Waals surface area contributed by atoms with Crippen LogP contribution in [0.25, 0.3) is 0 Å². The molecule has 0 atom stereocenters. The van der Waals surface area contributed by atoms with Crippen LogP contribution >= 0.6 is 0 Å². The molecule has 0 unspecified atom stereocenters. The second-order valence-electron chi connectivity index (χ2n) is 3.34. The fraction of sp³-hybridized carbons (Fsp3) is 0.364. The molecule has 5 heteroatoms. The van der Waals surface area contributed by atoms with E-state index in [2.05, 4.69) is 20.3 Å². The highest BCUT2D eigenvalue weighted by molar-refractivity contribution is 4.94. The average Bonchev–Trinajstić information content (AvgIpc) is 2.78. The van der Waals surface area contributed by atoms with Crippen LogP contribution in [-0.4, -0.2) is 15.0 Å². The van der Waals surface area contributed by atoms with E-state index in [1.807, 2.05) is 6.92 Å². The van der Waals surface area contributed by atoms with Gasteiger partial charge >= 0.3 is 0 Å². The minimum Gasteiger partial charge on any atom is -0.444 e. The molecular weight excluding hydrogens is 204 g/mol. The Morgan fingerprint density at radius 2 is 2.00 bits per heavy atom. The standard InChI is InChI=1S/C11H14N4O/c1-2-9-6-15-11(16-9)8-12-7-10-13-4-3-5-14-10/h3-6,12H,2,7-8H2,1H3. The summed E-state index contributed by atoms with van der Waals surface area (Å²) in [4.78, 5) is 12.4. The first-order valence-corrected chi connectivity index (χ1v) is 5.28. The first kappa shape index (κ1) is 10.8. The van der Waals surface area contributed by atoms with Gasteiger partial charge in [-0.25, -0.2) is 15.0 Å². The molecule has 84 valence electrons. The van der Waals surface area contributed by atoms with Crippen LogP contribution in [0.5, 0.6) is 0 Å². The van der Waals surface area contributed by atoms with E-state index in [1.165, 1.54) is 0 Å². The van der Waals surface area contributed by atoms with E-state index in [-0.39, 0.29) is 0 Å². The molecule has 0 bridgehead atoms. The van der Waals surface area contributed by atoms with E-state index in [9.17, 15) is 0 Å². The third kappa shape index (κ3) is 2.87. The SMILES string of the molecule is CCc1cnc(CNCc2ncccn2)o1. The van der Waals surface area contributed by atoms with E-state index in [0.717, 1.165) is 18.0 Å². The molecule has 2 aromatic rings. The van der Waals surface area contributed by atoms with Crippen LogP contribution in [0.1, 0.15) is 24.4 Å². The molecule has 2 heterocycles. The lowest BCUT2D eigenvalue weighted by Crippen LogP contribution is -2.14. The fourth-order valence-corrected chi connectivity index (χ4v) is 1.30. The highest BCUT2D eigenvalue weighted by atomic mass is 16.4. The lowest BCUT2D eigenvalue weighted by atomic mass is 10.4. The number of oxazole rings is 1. The van der Waals surface area contributed by atoms with Gasteiger partial charge < -0.3 is 9.73 Å². The summed E-state index contributed by atoms with van der Waals surface area (Å²) in [5, 5.41) is 3.17. The van der Waals surface area contributed by atoms with Gasteiger partial charge in [-0.15, -0.1) is 0 Å². The molecule has 0 amide bonds. The Hall–Kier alpha value is -1.75. The van der Waals surface area contributed by atoms with Crippen LogP contribution in [0.2, 0.25) is 0 Å². The predicted molar refractivity (Wildman–Crippen MR) is 58.5 cm³/mol. The number of aromatic nitrogens is 3. The van der Waals surface area contributed by atoms with Crippen LogP contribution in [0.4, 0.5) is 0 Å². The van der Waals surface area contributed by atoms with Crippen molar-refractivity contribution in [1.82, 2.24) is 20.3 Å². The Balaban J connectivity index is 1.80. The number of hydrogen-bond donors (Lipinski definition) is 1. The molecule has 1 N–H and O–H groups in total. The van der Waals surface area contributed by atoms with Crippen molar-refractivity contribution >= 4 is 0 Å². The number of aryl methyl sites for hydroxylation is 1. The predicted octanol–water partition coefficient (Wildman–Crippen LogP) is 1.32. The number of nitrogens with one attached hydrogen (secondary N) is 1. The lowest BCUT2D eigenvalue weighted by Gasteiger charge is -1.99. The van der Waals surface area contributed by atoms with Gasteiger partial charge in [0.25, 0.3) is 0 Å². The second-order valence-corrected chi connectivity index (χ2v) is 3.34. The third-order valence-electron chi connectivity index (χ3n) is 2.13. The van der Waals surface area contributed by atoms with Gasteiger partial charge in [0.15, 0.2) is 0 Å². The van der Waals surface area contributed by atoms with E-state index in [0.29, 0.717) is 19.0 Å². The highest BCUT2D eigenvalue weighted by Crippen LogP contribution is 2.03. The summed E-state index contributed by atoms with van der Waals surface area (Å²) in [6, 6.07) is 1.80. The van der Waals surface area contributed by atoms with Crippen LogP contribution in [0.3, 0.4) is 0 Å². The minimum atomic E-state index is 0.595. The first-order valence-electron chi connectivity index (χ1n) is 5.28. The zero-order valence-electron chi connectivity index (χ0n) is 9.18. The van der Waals surface area contributed by atoms with Crippen LogP contribution < -0.4 is 5.32 Å². The molecule has 0 spiro atoms. The summed E-state index contributed by atoms with van der Waals surface area (Å²) in [7, 11) is 0. The Labute approximate surface area is 94.0 Å². The molecule has 0 radical (unpaired) electrons. The Bertz CT molecular complexity index is 427. The van der Waals surface area contributed by atoms with Gasteiger partial charge in [0.2, 0.25) is 5.89 Å². The van der Waals surface area contributed by atoms with Gasteiger partial charge in [-0.1, -0.05) is 6.92 Å². The maximum absolute atomic E-state index is 5.46. The highest BCUT2D eigenvalue weighted by Gasteiger charge is 2.01. The van der Waals surface area contributed by atoms with Gasteiger partial charge in [-0.3, -0.25) is 0 Å². The molecule has 16 heavy (non-hydrogen) atoms. The van der Waals surface area contributed by atoms with Crippen molar-refractivity contribution in [3.63, 3.8) is 0 Å². The monoisotopic (exact) mass is 218 g/mol. The van der Waals surface area contributed by atoms with Crippen molar-refractivity contribution in [2.75, 3.05) is 0 Å². The molecule has 0 saturated heterocycles. The summed E-state index contributed by atoms with van der Waals surface area (Å²) >= 11 is 0. The summed E-state index contributed by atoms with van der Waals surface area (Å²) < 4.78 is 5.46. The van der Waals surface area contributed by atoms with Gasteiger partial charge in [0, 0.05) is 18.8 Å². The summed E-state index contributed by atoms with van der Waals surface area (Å²) in [5.74, 6) is 2.38. The Morgan fingerprint density at radius 1 is 1.19 bits per heavy atom. The quantitative estimate of drug-likeness (QED) is 0.819. The number of rotatable bonds is 5. The summed E-state index contributed by atoms with van der Waals surface area (Å²) in [5.41, 5.74) is 0. The zero-order chi connectivity index (χ0) is 11.2. The van der Waals surface area contributed by atoms with E-state index >= 15 is 0 Å². The topological polar surface area (TPSA) is 63.8 Å². The molecule has 0 saturated carbocycles. The average molecular weight is 218 g/mol. The van der Waals surface area contributed by atoms with Gasteiger partial charge in [0.1, 0.15) is 11.6 Å². The van der Waals surface area contributed by atoms with Crippen molar-refractivity contribution in [2.45, 2.75) is 26.4 Å². The molecule has 0 aromatic carbocycles. The maximum Gasteiger partial charge on any atom is 0.208 e. The van der Waals surface area contributed by atoms with Crippen LogP contribution in [0.15, 0.2) is 29.1 Å². The molecule has 0 aliphatic rings. The number of nitrogens with zero attached hydrogens (tertiary/aromatic N) is 3. The van der Waals surface area contributed by atoms with E-state index in [1.54, 1.807) is 24.7 Å². The number of hydrogen-bond acceptors (Lipinski definition) is 5. The smallest absolute Gasteiger partial charge is 0.208 e. The third-order valence-corrected chi connectivity index (χ3v) is 2.13. The molecule has 0 aliphatic carbocycles. The minimum absolute atomic E-state index is 0.595. The lowest BCUT2D eigenvalue weighted by molar-refractivity contribution is 0.437. The molecule has 2 aromatic heterocycles. The second kappa shape index (κ2) is 5.37. The van der Waals surface area contributed by atoms with Gasteiger partial charge in [-0.05, 0) is 6.07 Å². The normalized spacial score (nSPS) is 10.6. The van der Waals surface area contributed by atoms with Gasteiger partial charge in [0.05, 0.1) is 19.3 Å². The van der Waals surface area contributed by atoms with Crippen molar-refractivity contribution in [2.24, 2.45) is 0 Å². The van der Waals surface area contributed by atoms with Crippen LogP contribution in [0, 0.1) is 0 Å². The first-order chi connectivity index (χ1) is 7.88. The molecule has 0 fully saturated rings. The van der Waals surface area contributed by atoms with Crippen molar-refractivity contribution in [3.05, 3.63) is 42.1 Å². The molecular formula is C11H14N4O. The van der Waals surface area contributed by atoms with Crippen molar-refractivity contribution < 1.29 is 4.42 Å². The van der Waals surface area contributed by atoms with Gasteiger partial charge in [-0.2, -0.15) is 0 Å². The summed E-state index contributed by atoms with van der Waals surface area (Å²) in [6.45, 7) is 3.25. The largest absolute Gasteiger partial charge is 0.444 e. The molecule has 0 aliphatic heterocycles. The van der Waals surface area contributed by atoms with Crippen molar-refractivity contribution in [3.8, 4) is 0 Å². The van der Waals surface area contributed by atoms with E-state index < -0.39 is 0 Å². The Morgan fingerprint density at radius 3 is 2.69 bits per heavy atom. The van der Waals surface area contributed by atoms with Crippen LogP contribution in [-0.2, 0) is 19.5 Å². The molecule has 2 rings (SSSR count). The zero-order valence-corrected chi connectivity index (χ0v) is 9.18.